The van der Waals surface area contributed by atoms with Crippen LogP contribution < -0.4 is 5.73 Å². The van der Waals surface area contributed by atoms with Gasteiger partial charge in [-0.25, -0.2) is 4.98 Å². The van der Waals surface area contributed by atoms with E-state index in [0.717, 1.165) is 36.1 Å². The van der Waals surface area contributed by atoms with E-state index >= 15 is 0 Å². The van der Waals surface area contributed by atoms with Gasteiger partial charge < -0.3 is 10.5 Å². The number of anilines is 1. The molecule has 4 atom stereocenters. The average Bonchev–Trinajstić information content (AvgIpc) is 3.20. The number of esters is 1. The van der Waals surface area contributed by atoms with Gasteiger partial charge in [0.1, 0.15) is 17.5 Å². The molecule has 2 aliphatic heterocycles. The smallest absolute Gasteiger partial charge is 0.324 e. The van der Waals surface area contributed by atoms with Crippen molar-refractivity contribution in [3.63, 3.8) is 0 Å². The summed E-state index contributed by atoms with van der Waals surface area (Å²) in [6.07, 6.45) is 7.36. The monoisotopic (exact) mass is 366 g/mol. The zero-order valence-electron chi connectivity index (χ0n) is 16.1. The van der Waals surface area contributed by atoms with Crippen molar-refractivity contribution in [2.45, 2.75) is 51.3 Å². The fourth-order valence-electron chi connectivity index (χ4n) is 4.35. The second-order valence-corrected chi connectivity index (χ2v) is 8.46. The predicted octanol–water partition coefficient (Wildman–Crippen LogP) is 3.20. The first-order valence-electron chi connectivity index (χ1n) is 9.48. The van der Waals surface area contributed by atoms with Gasteiger partial charge in [-0.3, -0.25) is 14.7 Å². The van der Waals surface area contributed by atoms with Crippen LogP contribution in [0.1, 0.15) is 45.2 Å². The van der Waals surface area contributed by atoms with Gasteiger partial charge in [-0.2, -0.15) is 0 Å². The van der Waals surface area contributed by atoms with E-state index in [0.29, 0.717) is 11.7 Å². The van der Waals surface area contributed by atoms with Crippen LogP contribution in [-0.2, 0) is 9.53 Å². The number of rotatable bonds is 3. The fourth-order valence-corrected chi connectivity index (χ4v) is 4.35. The summed E-state index contributed by atoms with van der Waals surface area (Å²) in [4.78, 5) is 23.6. The summed E-state index contributed by atoms with van der Waals surface area (Å²) in [5, 5.41) is 0. The van der Waals surface area contributed by atoms with Crippen LogP contribution in [0.2, 0.25) is 0 Å². The Morgan fingerprint density at radius 3 is 2.85 bits per heavy atom. The van der Waals surface area contributed by atoms with Gasteiger partial charge >= 0.3 is 5.97 Å². The van der Waals surface area contributed by atoms with E-state index in [1.54, 1.807) is 12.4 Å². The van der Waals surface area contributed by atoms with Gasteiger partial charge in [0.15, 0.2) is 0 Å². The van der Waals surface area contributed by atoms with Gasteiger partial charge in [0, 0.05) is 35.8 Å². The fraction of sp³-hybridized carbons (Fsp3) is 0.476. The summed E-state index contributed by atoms with van der Waals surface area (Å²) in [6, 6.07) is 5.98. The number of nitrogen functional groups attached to an aromatic ring is 1. The average molecular weight is 366 g/mol. The maximum atomic E-state index is 12.7. The third kappa shape index (κ3) is 3.41. The highest BCUT2D eigenvalue weighted by molar-refractivity contribution is 5.78. The Morgan fingerprint density at radius 2 is 2.15 bits per heavy atom. The minimum absolute atomic E-state index is 0.108. The summed E-state index contributed by atoms with van der Waals surface area (Å²) in [7, 11) is 0. The van der Waals surface area contributed by atoms with Gasteiger partial charge in [0.2, 0.25) is 0 Å². The van der Waals surface area contributed by atoms with Crippen molar-refractivity contribution in [3.05, 3.63) is 42.4 Å². The normalized spacial score (nSPS) is 26.9. The van der Waals surface area contributed by atoms with Gasteiger partial charge in [-0.1, -0.05) is 6.07 Å². The van der Waals surface area contributed by atoms with E-state index in [1.165, 1.54) is 0 Å². The Labute approximate surface area is 159 Å². The van der Waals surface area contributed by atoms with Crippen molar-refractivity contribution in [3.8, 4) is 11.1 Å². The van der Waals surface area contributed by atoms with Crippen LogP contribution in [0.25, 0.3) is 11.1 Å². The molecule has 2 aromatic rings. The van der Waals surface area contributed by atoms with Crippen LogP contribution in [0.15, 0.2) is 36.8 Å². The largest absolute Gasteiger partial charge is 0.459 e. The molecule has 4 unspecified atom stereocenters. The Balaban J connectivity index is 1.61. The SMILES string of the molecule is CC(C)(C)OC(=O)C1C2CCN1C(c1cnc(N)c(-c3cccnc3)c1)C2. The number of ether oxygens (including phenoxy) is 1. The number of aromatic nitrogens is 2. The van der Waals surface area contributed by atoms with Crippen LogP contribution in [-0.4, -0.2) is 39.0 Å². The first kappa shape index (κ1) is 17.9. The molecule has 0 radical (unpaired) electrons. The molecular weight excluding hydrogens is 340 g/mol. The van der Waals surface area contributed by atoms with Gasteiger partial charge in [0.05, 0.1) is 0 Å². The molecular formula is C21H26N4O2. The molecule has 0 amide bonds. The minimum Gasteiger partial charge on any atom is -0.459 e. The number of nitrogens with zero attached hydrogens (tertiary/aromatic N) is 3. The van der Waals surface area contributed by atoms with Crippen molar-refractivity contribution in [2.75, 3.05) is 12.3 Å². The molecule has 2 aromatic heterocycles. The lowest BCUT2D eigenvalue weighted by atomic mass is 9.92. The third-order valence-electron chi connectivity index (χ3n) is 5.43. The number of carbonyl (C=O) groups is 1. The summed E-state index contributed by atoms with van der Waals surface area (Å²) < 4.78 is 5.67. The first-order valence-corrected chi connectivity index (χ1v) is 9.48. The molecule has 27 heavy (non-hydrogen) atoms. The van der Waals surface area contributed by atoms with Gasteiger partial charge in [-0.05, 0) is 63.8 Å². The Hall–Kier alpha value is -2.47. The molecule has 2 N–H and O–H groups in total. The molecule has 6 nitrogen and oxygen atoms in total. The third-order valence-corrected chi connectivity index (χ3v) is 5.43. The molecule has 2 aliphatic rings. The van der Waals surface area contributed by atoms with E-state index in [9.17, 15) is 4.79 Å². The van der Waals surface area contributed by atoms with Gasteiger partial charge in [-0.15, -0.1) is 0 Å². The molecule has 4 rings (SSSR count). The second kappa shape index (κ2) is 6.60. The van der Waals surface area contributed by atoms with Gasteiger partial charge in [0.25, 0.3) is 0 Å². The Kier molecular flexibility index (Phi) is 4.38. The molecule has 4 heterocycles. The van der Waals surface area contributed by atoms with Crippen molar-refractivity contribution in [1.29, 1.82) is 0 Å². The summed E-state index contributed by atoms with van der Waals surface area (Å²) in [5.74, 6) is 0.723. The highest BCUT2D eigenvalue weighted by atomic mass is 16.6. The molecule has 2 bridgehead atoms. The highest BCUT2D eigenvalue weighted by Crippen LogP contribution is 2.47. The number of pyridine rings is 2. The molecule has 0 aromatic carbocycles. The van der Waals surface area contributed by atoms with Crippen molar-refractivity contribution < 1.29 is 9.53 Å². The van der Waals surface area contributed by atoms with Crippen LogP contribution in [0.3, 0.4) is 0 Å². The van der Waals surface area contributed by atoms with Crippen LogP contribution in [0, 0.1) is 5.92 Å². The van der Waals surface area contributed by atoms with Crippen LogP contribution >= 0.6 is 0 Å². The highest BCUT2D eigenvalue weighted by Gasteiger charge is 2.51. The maximum Gasteiger partial charge on any atom is 0.324 e. The number of carbonyl (C=O) groups excluding carboxylic acids is 1. The second-order valence-electron chi connectivity index (χ2n) is 8.46. The summed E-state index contributed by atoms with van der Waals surface area (Å²) >= 11 is 0. The Bertz CT molecular complexity index is 847. The quantitative estimate of drug-likeness (QED) is 0.840. The molecule has 142 valence electrons. The zero-order chi connectivity index (χ0) is 19.2. The lowest BCUT2D eigenvalue weighted by molar-refractivity contribution is -0.160. The molecule has 2 fully saturated rings. The lowest BCUT2D eigenvalue weighted by Crippen LogP contribution is -2.39. The number of nitrogens with two attached hydrogens (primary N) is 1. The predicted molar refractivity (Wildman–Crippen MR) is 104 cm³/mol. The van der Waals surface area contributed by atoms with E-state index in [1.807, 2.05) is 39.1 Å². The molecule has 6 heteroatoms. The summed E-state index contributed by atoms with van der Waals surface area (Å²) in [6.45, 7) is 6.65. The van der Waals surface area contributed by atoms with E-state index in [2.05, 4.69) is 20.9 Å². The topological polar surface area (TPSA) is 81.3 Å². The molecule has 0 aliphatic carbocycles. The number of hydrogen-bond donors (Lipinski definition) is 1. The number of piperidine rings is 1. The lowest BCUT2D eigenvalue weighted by Gasteiger charge is -2.28. The first-order chi connectivity index (χ1) is 12.8. The molecule has 2 saturated heterocycles. The minimum atomic E-state index is -0.466. The van der Waals surface area contributed by atoms with Crippen molar-refractivity contribution in [1.82, 2.24) is 14.9 Å². The van der Waals surface area contributed by atoms with Crippen LogP contribution in [0.4, 0.5) is 5.82 Å². The van der Waals surface area contributed by atoms with E-state index in [4.69, 9.17) is 10.5 Å². The van der Waals surface area contributed by atoms with Crippen molar-refractivity contribution in [2.24, 2.45) is 5.92 Å². The zero-order valence-corrected chi connectivity index (χ0v) is 16.1. The summed E-state index contributed by atoms with van der Waals surface area (Å²) in [5.41, 5.74) is 8.58. The Morgan fingerprint density at radius 1 is 1.33 bits per heavy atom. The molecule has 0 spiro atoms. The van der Waals surface area contributed by atoms with E-state index in [-0.39, 0.29) is 18.1 Å². The maximum absolute atomic E-state index is 12.7. The number of fused-ring (bicyclic) bond motifs is 2. The molecule has 0 saturated carbocycles. The number of hydrogen-bond acceptors (Lipinski definition) is 6. The van der Waals surface area contributed by atoms with Crippen LogP contribution in [0.5, 0.6) is 0 Å². The van der Waals surface area contributed by atoms with Crippen molar-refractivity contribution >= 4 is 11.8 Å². The van der Waals surface area contributed by atoms with E-state index < -0.39 is 5.60 Å². The standard InChI is InChI=1S/C21H26N4O2/c1-21(2,3)27-20(26)18-13-6-8-25(18)17(10-13)15-9-16(19(22)24-12-15)14-5-4-7-23-11-14/h4-5,7,9,11-13,17-18H,6,8,10H2,1-3H3,(H2,22,24).